The third kappa shape index (κ3) is 4.78. The number of hydrogen-bond acceptors (Lipinski definition) is 5. The first-order valence-electron chi connectivity index (χ1n) is 10.7. The third-order valence-electron chi connectivity index (χ3n) is 5.49. The van der Waals surface area contributed by atoms with Crippen LogP contribution >= 0.6 is 12.2 Å². The number of carbonyl (C=O) groups is 2. The smallest absolute Gasteiger partial charge is 0.270 e. The van der Waals surface area contributed by atoms with E-state index in [-0.39, 0.29) is 27.3 Å². The van der Waals surface area contributed by atoms with E-state index in [1.807, 2.05) is 53.7 Å². The molecule has 1 saturated heterocycles. The molecule has 0 aliphatic carbocycles. The molecule has 6 nitrogen and oxygen atoms in total. The molecule has 1 heterocycles. The van der Waals surface area contributed by atoms with E-state index in [0.29, 0.717) is 17.0 Å². The number of amides is 2. The molecule has 3 rings (SSSR count). The maximum absolute atomic E-state index is 13.5. The van der Waals surface area contributed by atoms with Crippen LogP contribution in [0.25, 0.3) is 6.08 Å². The largest absolute Gasteiger partial charge is 0.507 e. The molecule has 0 spiro atoms. The highest BCUT2D eigenvalue weighted by molar-refractivity contribution is 7.80. The number of thiocarbonyl (C=S) groups is 1. The molecule has 0 radical (unpaired) electrons. The Morgan fingerprint density at radius 2 is 1.55 bits per heavy atom. The summed E-state index contributed by atoms with van der Waals surface area (Å²) in [7, 11) is 1.50. The zero-order valence-corrected chi connectivity index (χ0v) is 20.9. The van der Waals surface area contributed by atoms with E-state index in [1.54, 1.807) is 30.3 Å². The summed E-state index contributed by atoms with van der Waals surface area (Å²) in [6.07, 6.45) is 1.55. The molecule has 0 unspecified atom stereocenters. The quantitative estimate of drug-likeness (QED) is 0.385. The topological polar surface area (TPSA) is 78.9 Å². The number of anilines is 1. The summed E-state index contributed by atoms with van der Waals surface area (Å²) < 4.78 is 5.38. The van der Waals surface area contributed by atoms with E-state index >= 15 is 0 Å². The minimum atomic E-state index is -0.571. The van der Waals surface area contributed by atoms with Gasteiger partial charge in [-0.05, 0) is 59.0 Å². The molecular weight excluding hydrogens is 436 g/mol. The molecule has 2 N–H and O–H groups in total. The van der Waals surface area contributed by atoms with Crippen LogP contribution in [-0.2, 0) is 20.4 Å². The van der Waals surface area contributed by atoms with Crippen LogP contribution in [0.4, 0.5) is 5.69 Å². The van der Waals surface area contributed by atoms with Gasteiger partial charge in [0.25, 0.3) is 11.8 Å². The Hall–Kier alpha value is -3.19. The Bertz CT molecular complexity index is 1130. The molecule has 33 heavy (non-hydrogen) atoms. The highest BCUT2D eigenvalue weighted by Crippen LogP contribution is 2.40. The predicted octanol–water partition coefficient (Wildman–Crippen LogP) is 4.83. The fourth-order valence-electron chi connectivity index (χ4n) is 3.74. The molecule has 7 heteroatoms. The van der Waals surface area contributed by atoms with Crippen LogP contribution in [0.1, 0.15) is 58.2 Å². The van der Waals surface area contributed by atoms with Crippen LogP contribution in [0.15, 0.2) is 42.0 Å². The van der Waals surface area contributed by atoms with Crippen LogP contribution in [0.3, 0.4) is 0 Å². The summed E-state index contributed by atoms with van der Waals surface area (Å²) in [5.74, 6) is -0.429. The second kappa shape index (κ2) is 8.63. The van der Waals surface area contributed by atoms with Crippen LogP contribution < -0.4 is 15.0 Å². The van der Waals surface area contributed by atoms with E-state index in [2.05, 4.69) is 5.32 Å². The van der Waals surface area contributed by atoms with Crippen molar-refractivity contribution in [1.29, 1.82) is 0 Å². The normalized spacial score (nSPS) is 16.3. The molecule has 1 aliphatic heterocycles. The first kappa shape index (κ1) is 24.5. The number of para-hydroxylation sites is 2. The van der Waals surface area contributed by atoms with Gasteiger partial charge in [-0.15, -0.1) is 0 Å². The van der Waals surface area contributed by atoms with Crippen molar-refractivity contribution in [2.24, 2.45) is 0 Å². The second-order valence-electron chi connectivity index (χ2n) is 10.1. The number of benzene rings is 2. The Morgan fingerprint density at radius 3 is 2.06 bits per heavy atom. The van der Waals surface area contributed by atoms with Crippen molar-refractivity contribution in [3.05, 3.63) is 58.7 Å². The Labute approximate surface area is 200 Å². The zero-order chi connectivity index (χ0) is 24.7. The molecule has 1 aliphatic rings. The molecular formula is C26H30N2O4S. The molecule has 0 atom stereocenters. The zero-order valence-electron chi connectivity index (χ0n) is 20.1. The molecule has 1 fully saturated rings. The molecule has 174 valence electrons. The minimum Gasteiger partial charge on any atom is -0.507 e. The van der Waals surface area contributed by atoms with Crippen molar-refractivity contribution in [2.75, 3.05) is 12.0 Å². The lowest BCUT2D eigenvalue weighted by Crippen LogP contribution is -2.54. The third-order valence-corrected chi connectivity index (χ3v) is 5.77. The van der Waals surface area contributed by atoms with E-state index < -0.39 is 11.8 Å². The summed E-state index contributed by atoms with van der Waals surface area (Å²) in [6, 6.07) is 10.6. The summed E-state index contributed by atoms with van der Waals surface area (Å²) in [5, 5.41) is 13.6. The van der Waals surface area contributed by atoms with Crippen molar-refractivity contribution >= 4 is 40.9 Å². The van der Waals surface area contributed by atoms with Crippen molar-refractivity contribution in [3.63, 3.8) is 0 Å². The second-order valence-corrected chi connectivity index (χ2v) is 10.5. The SMILES string of the molecule is COc1ccccc1N1C(=O)/C(=C/c2cc(C(C)(C)C)c(O)c(C(C)(C)C)c2)C(=O)NC1=S. The van der Waals surface area contributed by atoms with Gasteiger partial charge in [-0.25, -0.2) is 4.90 Å². The maximum Gasteiger partial charge on any atom is 0.270 e. The number of nitrogens with one attached hydrogen (secondary N) is 1. The number of phenolic OH excluding ortho intramolecular Hbond substituents is 1. The average Bonchev–Trinajstić information content (AvgIpc) is 2.70. The number of nitrogens with zero attached hydrogens (tertiary/aromatic N) is 1. The Kier molecular flexibility index (Phi) is 6.40. The maximum atomic E-state index is 13.5. The summed E-state index contributed by atoms with van der Waals surface area (Å²) in [4.78, 5) is 27.5. The van der Waals surface area contributed by atoms with Crippen molar-refractivity contribution in [3.8, 4) is 11.5 Å². The monoisotopic (exact) mass is 466 g/mol. The number of rotatable bonds is 3. The fraction of sp³-hybridized carbons (Fsp3) is 0.346. The minimum absolute atomic E-state index is 0.0110. The van der Waals surface area contributed by atoms with Crippen molar-refractivity contribution < 1.29 is 19.4 Å². The Morgan fingerprint density at radius 1 is 1.00 bits per heavy atom. The van der Waals surface area contributed by atoms with Crippen molar-refractivity contribution in [1.82, 2.24) is 5.32 Å². The van der Waals surface area contributed by atoms with Gasteiger partial charge in [0.1, 0.15) is 17.1 Å². The fourth-order valence-corrected chi connectivity index (χ4v) is 4.01. The first-order chi connectivity index (χ1) is 15.3. The lowest BCUT2D eigenvalue weighted by Gasteiger charge is -2.30. The Balaban J connectivity index is 2.18. The highest BCUT2D eigenvalue weighted by Gasteiger charge is 2.36. The van der Waals surface area contributed by atoms with Crippen LogP contribution in [0.2, 0.25) is 0 Å². The van der Waals surface area contributed by atoms with Gasteiger partial charge in [-0.3, -0.25) is 14.9 Å². The average molecular weight is 467 g/mol. The number of methoxy groups -OCH3 is 1. The molecule has 2 aromatic carbocycles. The summed E-state index contributed by atoms with van der Waals surface area (Å²) in [5.41, 5.74) is 1.82. The van der Waals surface area contributed by atoms with Crippen LogP contribution in [-0.4, -0.2) is 29.1 Å². The highest BCUT2D eigenvalue weighted by atomic mass is 32.1. The molecule has 0 saturated carbocycles. The van der Waals surface area contributed by atoms with E-state index in [9.17, 15) is 14.7 Å². The number of ether oxygens (including phenoxy) is 1. The number of hydrogen-bond donors (Lipinski definition) is 2. The van der Waals surface area contributed by atoms with Gasteiger partial charge in [0.15, 0.2) is 5.11 Å². The molecule has 0 bridgehead atoms. The molecule has 2 amide bonds. The summed E-state index contributed by atoms with van der Waals surface area (Å²) in [6.45, 7) is 12.0. The lowest BCUT2D eigenvalue weighted by atomic mass is 9.78. The van der Waals surface area contributed by atoms with E-state index in [1.165, 1.54) is 12.0 Å². The van der Waals surface area contributed by atoms with Gasteiger partial charge in [0.05, 0.1) is 12.8 Å². The van der Waals surface area contributed by atoms with Crippen LogP contribution in [0, 0.1) is 0 Å². The van der Waals surface area contributed by atoms with Gasteiger partial charge in [-0.1, -0.05) is 53.7 Å². The van der Waals surface area contributed by atoms with Gasteiger partial charge in [0.2, 0.25) is 0 Å². The van der Waals surface area contributed by atoms with Crippen molar-refractivity contribution in [2.45, 2.75) is 52.4 Å². The first-order valence-corrected chi connectivity index (χ1v) is 11.1. The predicted molar refractivity (Wildman–Crippen MR) is 135 cm³/mol. The lowest BCUT2D eigenvalue weighted by molar-refractivity contribution is -0.122. The van der Waals surface area contributed by atoms with E-state index in [4.69, 9.17) is 17.0 Å². The molecule has 2 aromatic rings. The summed E-state index contributed by atoms with van der Waals surface area (Å²) >= 11 is 5.30. The van der Waals surface area contributed by atoms with E-state index in [0.717, 1.165) is 11.1 Å². The number of carbonyl (C=O) groups excluding carboxylic acids is 2. The van der Waals surface area contributed by atoms with Gasteiger partial charge < -0.3 is 9.84 Å². The van der Waals surface area contributed by atoms with Crippen LogP contribution in [0.5, 0.6) is 11.5 Å². The molecule has 0 aromatic heterocycles. The standard InChI is InChI=1S/C26H30N2O4S/c1-25(2,3)17-13-15(14-18(21(17)29)26(4,5)6)12-16-22(30)27-24(33)28(23(16)31)19-10-8-9-11-20(19)32-7/h8-14,29H,1-7H3,(H,27,30,33)/b16-12+. The van der Waals surface area contributed by atoms with Gasteiger partial charge >= 0.3 is 0 Å². The number of aromatic hydroxyl groups is 1. The van der Waals surface area contributed by atoms with Gasteiger partial charge in [-0.2, -0.15) is 0 Å². The number of phenols is 1. The van der Waals surface area contributed by atoms with Gasteiger partial charge in [0, 0.05) is 11.1 Å².